The molecule has 0 aliphatic rings. The molecule has 0 unspecified atom stereocenters. The van der Waals surface area contributed by atoms with Crippen LogP contribution in [0, 0.1) is 0 Å². The number of benzene rings is 2. The quantitative estimate of drug-likeness (QED) is 0.479. The molecule has 7 heteroatoms. The summed E-state index contributed by atoms with van der Waals surface area (Å²) >= 11 is 15.0. The summed E-state index contributed by atoms with van der Waals surface area (Å²) in [7, 11) is 0. The fourth-order valence-electron chi connectivity index (χ4n) is 1.86. The lowest BCUT2D eigenvalue weighted by Gasteiger charge is -2.13. The Morgan fingerprint density at radius 2 is 1.79 bits per heavy atom. The van der Waals surface area contributed by atoms with Crippen LogP contribution in [0.2, 0.25) is 10.0 Å². The molecule has 0 aromatic heterocycles. The predicted molar refractivity (Wildman–Crippen MR) is 96.0 cm³/mol. The molecule has 0 spiro atoms. The van der Waals surface area contributed by atoms with E-state index in [1.165, 1.54) is 13.0 Å². The van der Waals surface area contributed by atoms with Crippen LogP contribution < -0.4 is 4.74 Å². The number of ether oxygens (including phenoxy) is 2. The van der Waals surface area contributed by atoms with Crippen LogP contribution in [-0.4, -0.2) is 24.5 Å². The second-order valence-corrected chi connectivity index (χ2v) is 6.63. The molecule has 2 rings (SSSR count). The molecule has 126 valence electrons. The zero-order valence-electron chi connectivity index (χ0n) is 12.6. The van der Waals surface area contributed by atoms with E-state index in [1.54, 1.807) is 36.4 Å². The van der Waals surface area contributed by atoms with Gasteiger partial charge in [-0.25, -0.2) is 4.79 Å². The first-order chi connectivity index (χ1) is 11.4. The maximum absolute atomic E-state index is 12.2. The third kappa shape index (κ3) is 5.23. The Balaban J connectivity index is 1.89. The van der Waals surface area contributed by atoms with Gasteiger partial charge in [0.15, 0.2) is 12.7 Å². The molecule has 2 aromatic rings. The van der Waals surface area contributed by atoms with Gasteiger partial charge in [0.2, 0.25) is 5.78 Å². The van der Waals surface area contributed by atoms with Crippen LogP contribution in [0.5, 0.6) is 5.75 Å². The highest BCUT2D eigenvalue weighted by Gasteiger charge is 2.20. The number of halogens is 3. The van der Waals surface area contributed by atoms with E-state index < -0.39 is 12.1 Å². The van der Waals surface area contributed by atoms with Crippen molar-refractivity contribution in [2.24, 2.45) is 0 Å². The van der Waals surface area contributed by atoms with Crippen molar-refractivity contribution < 1.29 is 19.1 Å². The third-order valence-electron chi connectivity index (χ3n) is 3.05. The fourth-order valence-corrected chi connectivity index (χ4v) is 2.59. The van der Waals surface area contributed by atoms with Crippen molar-refractivity contribution in [2.75, 3.05) is 6.61 Å². The summed E-state index contributed by atoms with van der Waals surface area (Å²) in [6.45, 7) is 1.15. The van der Waals surface area contributed by atoms with Crippen LogP contribution in [0.25, 0.3) is 0 Å². The molecule has 0 fully saturated rings. The van der Waals surface area contributed by atoms with Gasteiger partial charge in [-0.3, -0.25) is 4.79 Å². The minimum absolute atomic E-state index is 0.286. The number of hydrogen-bond donors (Lipinski definition) is 0. The molecule has 4 nitrogen and oxygen atoms in total. The van der Waals surface area contributed by atoms with Gasteiger partial charge in [-0.2, -0.15) is 0 Å². The predicted octanol–water partition coefficient (Wildman–Crippen LogP) is 4.95. The Morgan fingerprint density at radius 3 is 2.42 bits per heavy atom. The Bertz CT molecular complexity index is 747. The maximum atomic E-state index is 12.2. The average Bonchev–Trinajstić information content (AvgIpc) is 2.54. The first-order valence-electron chi connectivity index (χ1n) is 6.94. The van der Waals surface area contributed by atoms with E-state index in [2.05, 4.69) is 15.9 Å². The summed E-state index contributed by atoms with van der Waals surface area (Å²) in [6.07, 6.45) is -0.914. The van der Waals surface area contributed by atoms with Crippen LogP contribution >= 0.6 is 39.1 Å². The van der Waals surface area contributed by atoms with Gasteiger partial charge >= 0.3 is 5.97 Å². The summed E-state index contributed by atoms with van der Waals surface area (Å²) in [5.41, 5.74) is 0.458. The van der Waals surface area contributed by atoms with E-state index in [0.29, 0.717) is 16.3 Å². The van der Waals surface area contributed by atoms with Crippen molar-refractivity contribution >= 4 is 50.9 Å². The van der Waals surface area contributed by atoms with Crippen LogP contribution in [0.1, 0.15) is 17.3 Å². The van der Waals surface area contributed by atoms with Crippen LogP contribution in [0.4, 0.5) is 0 Å². The van der Waals surface area contributed by atoms with Crippen molar-refractivity contribution in [3.8, 4) is 5.75 Å². The van der Waals surface area contributed by atoms with Gasteiger partial charge in [0.25, 0.3) is 0 Å². The van der Waals surface area contributed by atoms with Gasteiger partial charge in [-0.1, -0.05) is 51.3 Å². The minimum Gasteiger partial charge on any atom is -0.480 e. The van der Waals surface area contributed by atoms with Crippen LogP contribution in [0.15, 0.2) is 46.9 Å². The first kappa shape index (κ1) is 18.8. The van der Waals surface area contributed by atoms with Crippen molar-refractivity contribution in [3.05, 3.63) is 62.5 Å². The number of hydrogen-bond acceptors (Lipinski definition) is 4. The molecule has 0 saturated carbocycles. The van der Waals surface area contributed by atoms with E-state index in [4.69, 9.17) is 32.7 Å². The van der Waals surface area contributed by atoms with Crippen molar-refractivity contribution in [3.63, 3.8) is 0 Å². The summed E-state index contributed by atoms with van der Waals surface area (Å²) in [4.78, 5) is 24.0. The van der Waals surface area contributed by atoms with Gasteiger partial charge < -0.3 is 9.47 Å². The van der Waals surface area contributed by atoms with Crippen molar-refractivity contribution in [1.29, 1.82) is 0 Å². The first-order valence-corrected chi connectivity index (χ1v) is 8.49. The summed E-state index contributed by atoms with van der Waals surface area (Å²) in [5.74, 6) is -0.649. The highest BCUT2D eigenvalue weighted by atomic mass is 79.9. The average molecular weight is 432 g/mol. The minimum atomic E-state index is -0.914. The molecule has 0 bridgehead atoms. The number of carbonyl (C=O) groups is 2. The monoisotopic (exact) mass is 430 g/mol. The van der Waals surface area contributed by atoms with Crippen LogP contribution in [0.3, 0.4) is 0 Å². The molecule has 0 aliphatic carbocycles. The third-order valence-corrected chi connectivity index (χ3v) is 4.10. The zero-order chi connectivity index (χ0) is 17.7. The van der Waals surface area contributed by atoms with E-state index in [9.17, 15) is 9.59 Å². The molecule has 0 saturated heterocycles. The van der Waals surface area contributed by atoms with Gasteiger partial charge in [-0.15, -0.1) is 0 Å². The number of esters is 1. The molecule has 1 atom stereocenters. The lowest BCUT2D eigenvalue weighted by atomic mass is 10.1. The van der Waals surface area contributed by atoms with Crippen molar-refractivity contribution in [1.82, 2.24) is 0 Å². The normalized spacial score (nSPS) is 11.7. The Morgan fingerprint density at radius 1 is 1.12 bits per heavy atom. The van der Waals surface area contributed by atoms with Gasteiger partial charge in [0.1, 0.15) is 5.75 Å². The van der Waals surface area contributed by atoms with E-state index in [-0.39, 0.29) is 17.4 Å². The molecule has 24 heavy (non-hydrogen) atoms. The van der Waals surface area contributed by atoms with Gasteiger partial charge in [-0.05, 0) is 37.3 Å². The molecule has 0 amide bonds. The number of rotatable bonds is 6. The Labute approximate surface area is 157 Å². The summed E-state index contributed by atoms with van der Waals surface area (Å²) in [6, 6.07) is 11.4. The molecular weight excluding hydrogens is 419 g/mol. The van der Waals surface area contributed by atoms with Crippen LogP contribution in [-0.2, 0) is 9.53 Å². The molecular formula is C17H13BrCl2O4. The largest absolute Gasteiger partial charge is 0.480 e. The second-order valence-electron chi connectivity index (χ2n) is 4.87. The Hall–Kier alpha value is -1.56. The van der Waals surface area contributed by atoms with E-state index >= 15 is 0 Å². The topological polar surface area (TPSA) is 52.6 Å². The lowest BCUT2D eigenvalue weighted by molar-refractivity contribution is -0.148. The molecule has 2 aromatic carbocycles. The highest BCUT2D eigenvalue weighted by Crippen LogP contribution is 2.27. The van der Waals surface area contributed by atoms with Gasteiger partial charge in [0.05, 0.1) is 5.02 Å². The number of Topliss-reactive ketones (excluding diaryl/α,β-unsaturated/α-hetero) is 1. The summed E-state index contributed by atoms with van der Waals surface area (Å²) < 4.78 is 11.2. The smallest absolute Gasteiger partial charge is 0.344 e. The summed E-state index contributed by atoms with van der Waals surface area (Å²) in [5, 5.41) is 0.748. The zero-order valence-corrected chi connectivity index (χ0v) is 15.7. The van der Waals surface area contributed by atoms with E-state index in [1.807, 2.05) is 0 Å². The highest BCUT2D eigenvalue weighted by molar-refractivity contribution is 9.10. The molecule has 0 aliphatic heterocycles. The van der Waals surface area contributed by atoms with E-state index in [0.717, 1.165) is 4.47 Å². The molecule has 0 radical (unpaired) electrons. The Kier molecular flexibility index (Phi) is 6.66. The standard InChI is InChI=1S/C17H13BrCl2O4/c1-10(17(22)11-2-4-12(18)5-3-11)24-16(21)9-23-15-7-6-13(19)8-14(15)20/h2-8,10H,9H2,1H3/t10-/m1/s1. The second kappa shape index (κ2) is 8.51. The molecule has 0 heterocycles. The lowest BCUT2D eigenvalue weighted by Crippen LogP contribution is -2.27. The maximum Gasteiger partial charge on any atom is 0.344 e. The van der Waals surface area contributed by atoms with Gasteiger partial charge in [0, 0.05) is 15.1 Å². The molecule has 0 N–H and O–H groups in total. The number of carbonyl (C=O) groups excluding carboxylic acids is 2. The number of ketones is 1. The fraction of sp³-hybridized carbons (Fsp3) is 0.176. The van der Waals surface area contributed by atoms with Crippen molar-refractivity contribution in [2.45, 2.75) is 13.0 Å². The SMILES string of the molecule is C[C@@H](OC(=O)COc1ccc(Cl)cc1Cl)C(=O)c1ccc(Br)cc1.